The van der Waals surface area contributed by atoms with Crippen LogP contribution in [-0.2, 0) is 14.4 Å². The first-order valence-electron chi connectivity index (χ1n) is 9.92. The van der Waals surface area contributed by atoms with Crippen molar-refractivity contribution < 1.29 is 18.8 Å². The van der Waals surface area contributed by atoms with Crippen molar-refractivity contribution in [3.8, 4) is 0 Å². The van der Waals surface area contributed by atoms with Crippen LogP contribution in [0.4, 0.5) is 10.1 Å². The van der Waals surface area contributed by atoms with Gasteiger partial charge >= 0.3 is 4.87 Å². The van der Waals surface area contributed by atoms with E-state index in [9.17, 15) is 23.6 Å². The third-order valence-corrected chi connectivity index (χ3v) is 9.06. The van der Waals surface area contributed by atoms with Crippen LogP contribution in [0.2, 0.25) is 0 Å². The Morgan fingerprint density at radius 3 is 2.68 bits per heavy atom. The number of benzene rings is 1. The fraction of sp³-hybridized carbons (Fsp3) is 0.333. The molecular weight excluding hydrogens is 441 g/mol. The molecule has 0 radical (unpaired) electrons. The van der Waals surface area contributed by atoms with Gasteiger partial charge in [0.1, 0.15) is 12.4 Å². The van der Waals surface area contributed by atoms with Gasteiger partial charge in [0.25, 0.3) is 0 Å². The molecule has 2 saturated carbocycles. The van der Waals surface area contributed by atoms with E-state index in [1.54, 1.807) is 11.8 Å². The highest BCUT2D eigenvalue weighted by Gasteiger charge is 2.66. The topological polar surface area (TPSA) is 99.3 Å². The van der Waals surface area contributed by atoms with E-state index in [1.807, 2.05) is 6.08 Å². The minimum absolute atomic E-state index is 0.0180. The van der Waals surface area contributed by atoms with Crippen molar-refractivity contribution in [3.63, 3.8) is 0 Å². The van der Waals surface area contributed by atoms with E-state index in [4.69, 9.17) is 0 Å². The molecule has 3 amide bonds. The Labute approximate surface area is 183 Å². The predicted octanol–water partition coefficient (Wildman–Crippen LogP) is 2.32. The fourth-order valence-electron chi connectivity index (χ4n) is 5.51. The van der Waals surface area contributed by atoms with Crippen molar-refractivity contribution in [1.82, 2.24) is 9.88 Å². The van der Waals surface area contributed by atoms with Crippen LogP contribution in [0, 0.1) is 29.5 Å². The number of thiazole rings is 1. The lowest BCUT2D eigenvalue weighted by Gasteiger charge is -2.32. The maximum Gasteiger partial charge on any atom is 0.305 e. The number of halogens is 1. The highest BCUT2D eigenvalue weighted by Crippen LogP contribution is 2.64. The molecule has 158 valence electrons. The number of carbonyl (C=O) groups is 3. The number of hydrogen-bond acceptors (Lipinski definition) is 6. The van der Waals surface area contributed by atoms with E-state index in [2.05, 4.69) is 10.3 Å². The van der Waals surface area contributed by atoms with E-state index >= 15 is 0 Å². The number of likely N-dealkylation sites (tertiary alicyclic amines) is 1. The van der Waals surface area contributed by atoms with Crippen LogP contribution in [0.1, 0.15) is 11.3 Å². The van der Waals surface area contributed by atoms with Gasteiger partial charge in [-0.15, -0.1) is 0 Å². The number of carbonyl (C=O) groups excluding carboxylic acids is 3. The molecule has 10 heteroatoms. The molecule has 2 aliphatic carbocycles. The second-order valence-corrected chi connectivity index (χ2v) is 10.4. The summed E-state index contributed by atoms with van der Waals surface area (Å²) in [6.45, 7) is -0.348. The number of nitrogens with one attached hydrogen (secondary N) is 2. The largest absolute Gasteiger partial charge is 0.325 e. The highest BCUT2D eigenvalue weighted by atomic mass is 32.2. The van der Waals surface area contributed by atoms with Crippen LogP contribution in [0.3, 0.4) is 0 Å². The molecule has 2 aliphatic heterocycles. The summed E-state index contributed by atoms with van der Waals surface area (Å²) < 4.78 is 13.0. The third-order valence-electron chi connectivity index (χ3n) is 6.67. The van der Waals surface area contributed by atoms with Gasteiger partial charge in [0.2, 0.25) is 17.7 Å². The molecule has 4 aliphatic rings. The van der Waals surface area contributed by atoms with Crippen LogP contribution in [0.25, 0.3) is 6.08 Å². The Bertz CT molecular complexity index is 1230. The number of anilines is 1. The number of imide groups is 1. The van der Waals surface area contributed by atoms with Gasteiger partial charge in [-0.05, 0) is 48.6 Å². The SMILES string of the molecule is O=C(CN1C(=O)[C@@H]2[C@@H](C1=O)[C@@H]1C[C@@H]2C2=Cc3sc(=O)[nH]c3S[C@H]21)Nc1ccc(F)cc1. The normalized spacial score (nSPS) is 30.2. The van der Waals surface area contributed by atoms with E-state index < -0.39 is 23.6 Å². The number of hydrogen-bond donors (Lipinski definition) is 2. The van der Waals surface area contributed by atoms with Crippen LogP contribution in [0.5, 0.6) is 0 Å². The van der Waals surface area contributed by atoms with Crippen molar-refractivity contribution in [3.05, 3.63) is 50.2 Å². The van der Waals surface area contributed by atoms with Crippen molar-refractivity contribution in [2.75, 3.05) is 11.9 Å². The third kappa shape index (κ3) is 2.77. The number of H-pyrrole nitrogens is 1. The molecule has 0 unspecified atom stereocenters. The molecule has 3 fully saturated rings. The minimum atomic E-state index is -0.494. The number of amides is 3. The summed E-state index contributed by atoms with van der Waals surface area (Å²) >= 11 is 2.73. The molecule has 1 saturated heterocycles. The van der Waals surface area contributed by atoms with Crippen LogP contribution in [-0.4, -0.2) is 39.4 Å². The Hall–Kier alpha value is -2.72. The molecule has 2 N–H and O–H groups in total. The number of rotatable bonds is 3. The Morgan fingerprint density at radius 1 is 1.16 bits per heavy atom. The van der Waals surface area contributed by atoms with Gasteiger partial charge in [0.05, 0.1) is 21.7 Å². The zero-order valence-electron chi connectivity index (χ0n) is 16.0. The van der Waals surface area contributed by atoms with Gasteiger partial charge in [0.15, 0.2) is 0 Å². The number of thioether (sulfide) groups is 1. The number of aromatic amines is 1. The smallest absolute Gasteiger partial charge is 0.305 e. The molecule has 3 heterocycles. The summed E-state index contributed by atoms with van der Waals surface area (Å²) in [5, 5.41) is 3.52. The maximum absolute atomic E-state index is 13.1. The minimum Gasteiger partial charge on any atom is -0.325 e. The highest BCUT2D eigenvalue weighted by molar-refractivity contribution is 8.00. The number of fused-ring (bicyclic) bond motifs is 9. The van der Waals surface area contributed by atoms with Crippen molar-refractivity contribution in [2.24, 2.45) is 23.7 Å². The van der Waals surface area contributed by atoms with Crippen LogP contribution >= 0.6 is 23.1 Å². The van der Waals surface area contributed by atoms with Gasteiger partial charge in [-0.2, -0.15) is 0 Å². The number of aromatic nitrogens is 1. The summed E-state index contributed by atoms with van der Waals surface area (Å²) in [6.07, 6.45) is 2.80. The zero-order chi connectivity index (χ0) is 21.4. The lowest BCUT2D eigenvalue weighted by atomic mass is 9.77. The maximum atomic E-state index is 13.1. The van der Waals surface area contributed by atoms with Gasteiger partial charge in [0, 0.05) is 10.9 Å². The van der Waals surface area contributed by atoms with Crippen molar-refractivity contribution in [1.29, 1.82) is 0 Å². The Balaban J connectivity index is 1.23. The Morgan fingerprint density at radius 2 is 1.90 bits per heavy atom. The van der Waals surface area contributed by atoms with E-state index in [-0.39, 0.29) is 40.3 Å². The summed E-state index contributed by atoms with van der Waals surface area (Å²) in [5.74, 6) is -2.36. The van der Waals surface area contributed by atoms with Crippen molar-refractivity contribution >= 4 is 52.6 Å². The lowest BCUT2D eigenvalue weighted by Crippen LogP contribution is -2.39. The van der Waals surface area contributed by atoms with Gasteiger partial charge in [-0.1, -0.05) is 28.7 Å². The van der Waals surface area contributed by atoms with E-state index in [0.29, 0.717) is 5.69 Å². The lowest BCUT2D eigenvalue weighted by molar-refractivity contribution is -0.143. The van der Waals surface area contributed by atoms with Crippen LogP contribution < -0.4 is 10.2 Å². The summed E-state index contributed by atoms with van der Waals surface area (Å²) in [7, 11) is 0. The molecule has 5 atom stereocenters. The quantitative estimate of drug-likeness (QED) is 0.690. The Kier molecular flexibility index (Phi) is 4.07. The standard InChI is InChI=1S/C21H16FN3O4S2/c22-8-1-3-9(4-2-8)23-14(26)7-25-19(27)15-10-5-12(16(15)20(25)28)17-11(10)6-13-18(31-17)24-21(29)30-13/h1-4,6,10,12,15-17H,5,7H2,(H,23,26)(H,24,29)/t10-,12+,15+,16+,17-/m1/s1. The molecule has 0 spiro atoms. The van der Waals surface area contributed by atoms with Gasteiger partial charge in [-0.25, -0.2) is 4.39 Å². The molecule has 2 bridgehead atoms. The van der Waals surface area contributed by atoms with Gasteiger partial charge in [-0.3, -0.25) is 24.1 Å². The molecule has 6 rings (SSSR count). The molecular formula is C21H16FN3O4S2. The average molecular weight is 458 g/mol. The molecule has 2 aromatic rings. The summed E-state index contributed by atoms with van der Waals surface area (Å²) in [6, 6.07) is 5.30. The molecule has 1 aromatic heterocycles. The van der Waals surface area contributed by atoms with Crippen molar-refractivity contribution in [2.45, 2.75) is 16.7 Å². The summed E-state index contributed by atoms with van der Waals surface area (Å²) in [4.78, 5) is 55.1. The molecule has 31 heavy (non-hydrogen) atoms. The molecule has 1 aromatic carbocycles. The second-order valence-electron chi connectivity index (χ2n) is 8.27. The zero-order valence-corrected chi connectivity index (χ0v) is 17.6. The first kappa shape index (κ1) is 19.0. The predicted molar refractivity (Wildman–Crippen MR) is 113 cm³/mol. The number of nitrogens with zero attached hydrogens (tertiary/aromatic N) is 1. The average Bonchev–Trinajstić information content (AvgIpc) is 3.45. The van der Waals surface area contributed by atoms with Crippen LogP contribution in [0.15, 0.2) is 39.7 Å². The monoisotopic (exact) mass is 457 g/mol. The first-order valence-corrected chi connectivity index (χ1v) is 11.6. The first-order chi connectivity index (χ1) is 14.9. The van der Waals surface area contributed by atoms with E-state index in [0.717, 1.165) is 38.1 Å². The molecule has 7 nitrogen and oxygen atoms in total. The second kappa shape index (κ2) is 6.64. The van der Waals surface area contributed by atoms with E-state index in [1.165, 1.54) is 24.3 Å². The fourth-order valence-corrected chi connectivity index (χ4v) is 7.95. The van der Waals surface area contributed by atoms with Gasteiger partial charge < -0.3 is 10.3 Å². The summed E-state index contributed by atoms with van der Waals surface area (Å²) in [5.41, 5.74) is 1.54.